The molecule has 166 valence electrons. The summed E-state index contributed by atoms with van der Waals surface area (Å²) in [5.74, 6) is -0.957. The molecular formula is C20H23FN4O4S2. The predicted octanol–water partition coefficient (Wildman–Crippen LogP) is 2.69. The Morgan fingerprint density at radius 3 is 2.48 bits per heavy atom. The number of hydrogen-bond donors (Lipinski definition) is 1. The van der Waals surface area contributed by atoms with E-state index >= 15 is 0 Å². The Labute approximate surface area is 182 Å². The number of halogens is 1. The maximum absolute atomic E-state index is 13.6. The third-order valence-electron chi connectivity index (χ3n) is 4.46. The molecule has 0 spiro atoms. The molecule has 0 bridgehead atoms. The zero-order valence-electron chi connectivity index (χ0n) is 17.2. The molecule has 0 saturated heterocycles. The first-order valence-electron chi connectivity index (χ1n) is 9.37. The number of aromatic nitrogens is 3. The molecule has 0 amide bonds. The second-order valence-corrected chi connectivity index (χ2v) is 10.1. The van der Waals surface area contributed by atoms with Gasteiger partial charge in [-0.3, -0.25) is 9.19 Å². The van der Waals surface area contributed by atoms with Gasteiger partial charge in [-0.25, -0.2) is 9.37 Å². The van der Waals surface area contributed by atoms with E-state index in [0.717, 1.165) is 11.6 Å². The minimum atomic E-state index is -4.43. The zero-order valence-corrected chi connectivity index (χ0v) is 18.9. The fourth-order valence-electron chi connectivity index (χ4n) is 2.99. The first-order valence-corrected chi connectivity index (χ1v) is 12.4. The molecule has 0 aliphatic rings. The Bertz CT molecular complexity index is 1200. The van der Waals surface area contributed by atoms with E-state index in [0.29, 0.717) is 0 Å². The van der Waals surface area contributed by atoms with E-state index in [1.54, 1.807) is 38.4 Å². The van der Waals surface area contributed by atoms with Crippen molar-refractivity contribution in [3.05, 3.63) is 71.7 Å². The second-order valence-electron chi connectivity index (χ2n) is 7.17. The highest BCUT2D eigenvalue weighted by atomic mass is 32.2. The van der Waals surface area contributed by atoms with Crippen LogP contribution >= 0.6 is 0 Å². The maximum Gasteiger partial charge on any atom is 0.357 e. The van der Waals surface area contributed by atoms with Crippen LogP contribution in [0.15, 0.2) is 53.8 Å². The highest BCUT2D eigenvalue weighted by Gasteiger charge is 2.34. The molecule has 3 rings (SSSR count). The molecule has 3 aromatic rings. The Kier molecular flexibility index (Phi) is 6.87. The van der Waals surface area contributed by atoms with Crippen molar-refractivity contribution < 1.29 is 21.2 Å². The van der Waals surface area contributed by atoms with Crippen LogP contribution in [0.2, 0.25) is 0 Å². The van der Waals surface area contributed by atoms with Crippen molar-refractivity contribution in [1.82, 2.24) is 14.5 Å². The van der Waals surface area contributed by atoms with E-state index < -0.39 is 32.1 Å². The fraction of sp³-hybridized carbons (Fsp3) is 0.300. The topological polar surface area (TPSA) is 117 Å². The van der Waals surface area contributed by atoms with Gasteiger partial charge < -0.3 is 14.5 Å². The first-order chi connectivity index (χ1) is 14.6. The van der Waals surface area contributed by atoms with Crippen LogP contribution < -0.4 is 9.92 Å². The molecule has 2 atom stereocenters. The Balaban J connectivity index is 2.21. The van der Waals surface area contributed by atoms with E-state index in [-0.39, 0.29) is 34.8 Å². The predicted molar refractivity (Wildman–Crippen MR) is 115 cm³/mol. The standard InChI is InChI=1S/C20H23FN4O4S2/c1-13(2)17-20(31(27,28)29-16-6-4-5-15(21)11-16)25(12-14-7-9-23-10-8-14)19(24-17)18(22)30(3)26/h4-11,13,18H,12,22H2,1-3H3. The van der Waals surface area contributed by atoms with Crippen LogP contribution in [0, 0.1) is 5.82 Å². The summed E-state index contributed by atoms with van der Waals surface area (Å²) in [7, 11) is -5.94. The van der Waals surface area contributed by atoms with Crippen LogP contribution in [-0.2, 0) is 27.5 Å². The van der Waals surface area contributed by atoms with Gasteiger partial charge in [0.05, 0.1) is 12.2 Å². The number of hydrogen-bond acceptors (Lipinski definition) is 7. The second kappa shape index (κ2) is 9.25. The molecule has 2 aromatic heterocycles. The smallest absolute Gasteiger partial charge is 0.357 e. The molecule has 0 aliphatic heterocycles. The summed E-state index contributed by atoms with van der Waals surface area (Å²) in [6.45, 7) is 3.64. The number of rotatable bonds is 8. The van der Waals surface area contributed by atoms with Crippen LogP contribution in [0.3, 0.4) is 0 Å². The molecule has 31 heavy (non-hydrogen) atoms. The van der Waals surface area contributed by atoms with Crippen molar-refractivity contribution in [2.24, 2.45) is 5.73 Å². The van der Waals surface area contributed by atoms with Crippen LogP contribution in [0.5, 0.6) is 5.75 Å². The van der Waals surface area contributed by atoms with E-state index in [4.69, 9.17) is 9.92 Å². The molecule has 0 radical (unpaired) electrons. The van der Waals surface area contributed by atoms with Gasteiger partial charge in [0.15, 0.2) is 5.03 Å². The number of nitrogens with two attached hydrogens (primary N) is 1. The average molecular weight is 467 g/mol. The lowest BCUT2D eigenvalue weighted by Crippen LogP contribution is -2.24. The van der Waals surface area contributed by atoms with Crippen LogP contribution in [0.4, 0.5) is 4.39 Å². The summed E-state index contributed by atoms with van der Waals surface area (Å²) in [6, 6.07) is 8.28. The normalized spacial score (nSPS) is 13.9. The minimum absolute atomic E-state index is 0.0869. The SMILES string of the molecule is CC(C)c1nc(C(N)S(C)=O)n(Cc2ccncc2)c1S(=O)(=O)Oc1cccc(F)c1. The van der Waals surface area contributed by atoms with Crippen LogP contribution in [0.25, 0.3) is 0 Å². The van der Waals surface area contributed by atoms with Crippen molar-refractivity contribution in [2.45, 2.75) is 36.7 Å². The van der Waals surface area contributed by atoms with Crippen molar-refractivity contribution in [2.75, 3.05) is 6.26 Å². The summed E-state index contributed by atoms with van der Waals surface area (Å²) in [5.41, 5.74) is 7.07. The molecule has 0 fully saturated rings. The molecule has 11 heteroatoms. The molecular weight excluding hydrogens is 443 g/mol. The number of benzene rings is 1. The number of nitrogens with zero attached hydrogens (tertiary/aromatic N) is 3. The lowest BCUT2D eigenvalue weighted by Gasteiger charge is -2.16. The Hall–Kier alpha value is -2.63. The van der Waals surface area contributed by atoms with Gasteiger partial charge in [0, 0.05) is 35.5 Å². The molecule has 0 aliphatic carbocycles. The van der Waals surface area contributed by atoms with Gasteiger partial charge in [-0.1, -0.05) is 19.9 Å². The highest BCUT2D eigenvalue weighted by molar-refractivity contribution is 7.87. The van der Waals surface area contributed by atoms with Gasteiger partial charge in [0.2, 0.25) is 0 Å². The van der Waals surface area contributed by atoms with Gasteiger partial charge in [0.25, 0.3) is 0 Å². The van der Waals surface area contributed by atoms with Crippen LogP contribution in [-0.4, -0.2) is 33.4 Å². The molecule has 0 saturated carbocycles. The number of pyridine rings is 1. The van der Waals surface area contributed by atoms with Crippen molar-refractivity contribution in [1.29, 1.82) is 0 Å². The van der Waals surface area contributed by atoms with E-state index in [1.165, 1.54) is 29.0 Å². The first kappa shape index (κ1) is 23.0. The lowest BCUT2D eigenvalue weighted by molar-refractivity contribution is 0.468. The summed E-state index contributed by atoms with van der Waals surface area (Å²) >= 11 is 0. The Morgan fingerprint density at radius 2 is 1.90 bits per heavy atom. The largest absolute Gasteiger partial charge is 0.378 e. The van der Waals surface area contributed by atoms with Crippen molar-refractivity contribution in [3.63, 3.8) is 0 Å². The third kappa shape index (κ3) is 5.17. The van der Waals surface area contributed by atoms with Gasteiger partial charge in [-0.05, 0) is 35.7 Å². The summed E-state index contributed by atoms with van der Waals surface area (Å²) in [6.07, 6.45) is 4.57. The number of imidazole rings is 1. The van der Waals surface area contributed by atoms with E-state index in [2.05, 4.69) is 9.97 Å². The van der Waals surface area contributed by atoms with E-state index in [9.17, 15) is 17.0 Å². The van der Waals surface area contributed by atoms with Crippen LogP contribution in [0.1, 0.15) is 42.2 Å². The van der Waals surface area contributed by atoms with Gasteiger partial charge in [0.1, 0.15) is 22.8 Å². The third-order valence-corrected chi connectivity index (χ3v) is 6.70. The Morgan fingerprint density at radius 1 is 1.23 bits per heavy atom. The monoisotopic (exact) mass is 466 g/mol. The summed E-state index contributed by atoms with van der Waals surface area (Å²) < 4.78 is 59.0. The molecule has 8 nitrogen and oxygen atoms in total. The lowest BCUT2D eigenvalue weighted by atomic mass is 10.1. The quantitative estimate of drug-likeness (QED) is 0.507. The highest BCUT2D eigenvalue weighted by Crippen LogP contribution is 2.31. The summed E-state index contributed by atoms with van der Waals surface area (Å²) in [4.78, 5) is 8.41. The van der Waals surface area contributed by atoms with E-state index in [1.807, 2.05) is 0 Å². The molecule has 2 heterocycles. The maximum atomic E-state index is 13.6. The molecule has 2 N–H and O–H groups in total. The van der Waals surface area contributed by atoms with Gasteiger partial charge >= 0.3 is 10.1 Å². The van der Waals surface area contributed by atoms with Crippen molar-refractivity contribution >= 4 is 20.9 Å². The zero-order chi connectivity index (χ0) is 22.8. The molecule has 2 unspecified atom stereocenters. The van der Waals surface area contributed by atoms with Crippen molar-refractivity contribution in [3.8, 4) is 5.75 Å². The van der Waals surface area contributed by atoms with Gasteiger partial charge in [-0.15, -0.1) is 0 Å². The fourth-order valence-corrected chi connectivity index (χ4v) is 4.87. The minimum Gasteiger partial charge on any atom is -0.378 e. The summed E-state index contributed by atoms with van der Waals surface area (Å²) in [5, 5.41) is -1.23. The average Bonchev–Trinajstić information content (AvgIpc) is 3.08. The van der Waals surface area contributed by atoms with Gasteiger partial charge in [-0.2, -0.15) is 8.42 Å². The molecule has 1 aromatic carbocycles.